The summed E-state index contributed by atoms with van der Waals surface area (Å²) in [4.78, 5) is 14.5. The minimum Gasteiger partial charge on any atom is -0.391 e. The fraction of sp³-hybridized carbons (Fsp3) is 0.588. The first kappa shape index (κ1) is 16.0. The molecule has 1 aliphatic rings. The fourth-order valence-electron chi connectivity index (χ4n) is 2.90. The number of hydrogen-bond acceptors (Lipinski definition) is 3. The topological polar surface area (TPSA) is 52.6 Å². The van der Waals surface area contributed by atoms with E-state index in [-0.39, 0.29) is 11.9 Å². The van der Waals surface area contributed by atoms with Gasteiger partial charge in [-0.25, -0.2) is 0 Å². The number of hydrogen-bond donors (Lipinski definition) is 2. The summed E-state index contributed by atoms with van der Waals surface area (Å²) in [5.74, 6) is 0.0542. The Morgan fingerprint density at radius 3 is 2.90 bits per heavy atom. The molecule has 1 aromatic rings. The van der Waals surface area contributed by atoms with Gasteiger partial charge in [0.1, 0.15) is 0 Å². The van der Waals surface area contributed by atoms with Crippen molar-refractivity contribution in [2.24, 2.45) is 0 Å². The first-order chi connectivity index (χ1) is 10.2. The van der Waals surface area contributed by atoms with Crippen LogP contribution in [-0.4, -0.2) is 41.1 Å². The van der Waals surface area contributed by atoms with Gasteiger partial charge in [0.15, 0.2) is 0 Å². The van der Waals surface area contributed by atoms with Crippen LogP contribution in [0.5, 0.6) is 0 Å². The monoisotopic (exact) mass is 290 g/mol. The van der Waals surface area contributed by atoms with E-state index in [0.29, 0.717) is 6.54 Å². The summed E-state index contributed by atoms with van der Waals surface area (Å²) in [6, 6.07) is 10.2. The van der Waals surface area contributed by atoms with Crippen LogP contribution in [0.15, 0.2) is 30.3 Å². The number of aliphatic hydroxyl groups is 1. The summed E-state index contributed by atoms with van der Waals surface area (Å²) < 4.78 is 0. The highest BCUT2D eigenvalue weighted by molar-refractivity contribution is 5.82. The highest BCUT2D eigenvalue weighted by Crippen LogP contribution is 2.20. The van der Waals surface area contributed by atoms with Crippen LogP contribution in [0.1, 0.15) is 38.2 Å². The Balaban J connectivity index is 1.84. The van der Waals surface area contributed by atoms with Gasteiger partial charge in [-0.15, -0.1) is 0 Å². The first-order valence-electron chi connectivity index (χ1n) is 7.94. The molecule has 1 aromatic carbocycles. The van der Waals surface area contributed by atoms with E-state index in [0.717, 1.165) is 38.8 Å². The molecule has 1 fully saturated rings. The maximum absolute atomic E-state index is 12.3. The molecule has 4 nitrogen and oxygen atoms in total. The smallest absolute Gasteiger partial charge is 0.237 e. The van der Waals surface area contributed by atoms with Crippen LogP contribution in [0.4, 0.5) is 0 Å². The molecule has 1 heterocycles. The van der Waals surface area contributed by atoms with Crippen LogP contribution in [-0.2, 0) is 11.3 Å². The van der Waals surface area contributed by atoms with E-state index in [1.54, 1.807) is 0 Å². The largest absolute Gasteiger partial charge is 0.391 e. The molecule has 2 atom stereocenters. The van der Waals surface area contributed by atoms with E-state index >= 15 is 0 Å². The summed E-state index contributed by atoms with van der Waals surface area (Å²) in [5.41, 5.74) is 1.24. The zero-order chi connectivity index (χ0) is 15.1. The second-order valence-corrected chi connectivity index (χ2v) is 5.80. The van der Waals surface area contributed by atoms with Gasteiger partial charge in [-0.3, -0.25) is 9.69 Å². The SMILES string of the molecule is CCCC(O)CNC(=O)C1CCCN1Cc1ccccc1. The average Bonchev–Trinajstić information content (AvgIpc) is 2.94. The molecule has 2 rings (SSSR count). The molecular weight excluding hydrogens is 264 g/mol. The fourth-order valence-corrected chi connectivity index (χ4v) is 2.90. The molecular formula is C17H26N2O2. The summed E-state index contributed by atoms with van der Waals surface area (Å²) in [7, 11) is 0. The van der Waals surface area contributed by atoms with Gasteiger partial charge in [-0.1, -0.05) is 43.7 Å². The molecule has 0 spiro atoms. The number of rotatable bonds is 7. The minimum absolute atomic E-state index is 0.0542. The van der Waals surface area contributed by atoms with Crippen molar-refractivity contribution < 1.29 is 9.90 Å². The van der Waals surface area contributed by atoms with Gasteiger partial charge in [0.2, 0.25) is 5.91 Å². The molecule has 21 heavy (non-hydrogen) atoms. The Morgan fingerprint density at radius 2 is 2.19 bits per heavy atom. The highest BCUT2D eigenvalue weighted by atomic mass is 16.3. The van der Waals surface area contributed by atoms with Gasteiger partial charge in [0.25, 0.3) is 0 Å². The van der Waals surface area contributed by atoms with Crippen LogP contribution in [0, 0.1) is 0 Å². The standard InChI is InChI=1S/C17H26N2O2/c1-2-7-15(20)12-18-17(21)16-10-6-11-19(16)13-14-8-4-3-5-9-14/h3-5,8-9,15-16,20H,2,6-7,10-13H2,1H3,(H,18,21). The Bertz CT molecular complexity index is 436. The molecule has 4 heteroatoms. The van der Waals surface area contributed by atoms with Crippen molar-refractivity contribution in [3.8, 4) is 0 Å². The van der Waals surface area contributed by atoms with Crippen LogP contribution < -0.4 is 5.32 Å². The van der Waals surface area contributed by atoms with Crippen molar-refractivity contribution in [2.75, 3.05) is 13.1 Å². The Kier molecular flexibility index (Phi) is 6.21. The zero-order valence-electron chi connectivity index (χ0n) is 12.8. The number of nitrogens with one attached hydrogen (secondary N) is 1. The van der Waals surface area contributed by atoms with E-state index in [4.69, 9.17) is 0 Å². The lowest BCUT2D eigenvalue weighted by atomic mass is 10.1. The van der Waals surface area contributed by atoms with Gasteiger partial charge in [-0.2, -0.15) is 0 Å². The van der Waals surface area contributed by atoms with E-state index in [1.165, 1.54) is 5.56 Å². The molecule has 1 saturated heterocycles. The average molecular weight is 290 g/mol. The lowest BCUT2D eigenvalue weighted by Crippen LogP contribution is -2.45. The number of carbonyl (C=O) groups is 1. The molecule has 0 aliphatic carbocycles. The van der Waals surface area contributed by atoms with Gasteiger partial charge in [0.05, 0.1) is 12.1 Å². The van der Waals surface area contributed by atoms with Gasteiger partial charge in [-0.05, 0) is 31.4 Å². The summed E-state index contributed by atoms with van der Waals surface area (Å²) in [5, 5.41) is 12.6. The van der Waals surface area contributed by atoms with E-state index in [1.807, 2.05) is 25.1 Å². The van der Waals surface area contributed by atoms with Crippen LogP contribution >= 0.6 is 0 Å². The van der Waals surface area contributed by atoms with E-state index < -0.39 is 6.10 Å². The molecule has 2 unspecified atom stereocenters. The van der Waals surface area contributed by atoms with Gasteiger partial charge < -0.3 is 10.4 Å². The van der Waals surface area contributed by atoms with Gasteiger partial charge in [0, 0.05) is 13.1 Å². The molecule has 1 aliphatic heterocycles. The van der Waals surface area contributed by atoms with Crippen LogP contribution in [0.25, 0.3) is 0 Å². The van der Waals surface area contributed by atoms with Crippen molar-refractivity contribution in [1.29, 1.82) is 0 Å². The third-order valence-electron chi connectivity index (χ3n) is 4.03. The van der Waals surface area contributed by atoms with Crippen LogP contribution in [0.3, 0.4) is 0 Å². The van der Waals surface area contributed by atoms with Crippen molar-refractivity contribution in [1.82, 2.24) is 10.2 Å². The van der Waals surface area contributed by atoms with E-state index in [9.17, 15) is 9.90 Å². The van der Waals surface area contributed by atoms with E-state index in [2.05, 4.69) is 22.3 Å². The van der Waals surface area contributed by atoms with Crippen molar-refractivity contribution in [2.45, 2.75) is 51.3 Å². The maximum atomic E-state index is 12.3. The van der Waals surface area contributed by atoms with Gasteiger partial charge >= 0.3 is 0 Å². The molecule has 1 amide bonds. The molecule has 116 valence electrons. The lowest BCUT2D eigenvalue weighted by molar-refractivity contribution is -0.126. The third-order valence-corrected chi connectivity index (χ3v) is 4.03. The number of nitrogens with zero attached hydrogens (tertiary/aromatic N) is 1. The Labute approximate surface area is 127 Å². The number of amides is 1. The first-order valence-corrected chi connectivity index (χ1v) is 7.94. The quantitative estimate of drug-likeness (QED) is 0.807. The molecule has 0 saturated carbocycles. The number of aliphatic hydroxyl groups excluding tert-OH is 1. The zero-order valence-corrected chi connectivity index (χ0v) is 12.8. The molecule has 0 radical (unpaired) electrons. The number of benzene rings is 1. The Morgan fingerprint density at radius 1 is 1.43 bits per heavy atom. The number of likely N-dealkylation sites (tertiary alicyclic amines) is 1. The summed E-state index contributed by atoms with van der Waals surface area (Å²) in [6.45, 7) is 4.17. The number of carbonyl (C=O) groups excluding carboxylic acids is 1. The maximum Gasteiger partial charge on any atom is 0.237 e. The molecule has 0 aromatic heterocycles. The van der Waals surface area contributed by atoms with Crippen molar-refractivity contribution in [3.63, 3.8) is 0 Å². The predicted octanol–water partition coefficient (Wildman–Crippen LogP) is 1.93. The van der Waals surface area contributed by atoms with Crippen molar-refractivity contribution >= 4 is 5.91 Å². The van der Waals surface area contributed by atoms with Crippen LogP contribution in [0.2, 0.25) is 0 Å². The normalized spacial score (nSPS) is 20.4. The summed E-state index contributed by atoms with van der Waals surface area (Å²) >= 11 is 0. The molecule has 2 N–H and O–H groups in total. The lowest BCUT2D eigenvalue weighted by Gasteiger charge is -2.24. The minimum atomic E-state index is -0.428. The second-order valence-electron chi connectivity index (χ2n) is 5.80. The van der Waals surface area contributed by atoms with Crippen molar-refractivity contribution in [3.05, 3.63) is 35.9 Å². The highest BCUT2D eigenvalue weighted by Gasteiger charge is 2.30. The Hall–Kier alpha value is -1.39. The second kappa shape index (κ2) is 8.15. The molecule has 0 bridgehead atoms. The predicted molar refractivity (Wildman–Crippen MR) is 83.8 cm³/mol. The third kappa shape index (κ3) is 4.83. The summed E-state index contributed by atoms with van der Waals surface area (Å²) in [6.07, 6.45) is 3.20.